The first-order valence-electron chi connectivity index (χ1n) is 8.96. The predicted octanol–water partition coefficient (Wildman–Crippen LogP) is 3.74. The van der Waals surface area contributed by atoms with Gasteiger partial charge in [-0.05, 0) is 68.1 Å². The molecule has 2 atom stereocenters. The van der Waals surface area contributed by atoms with Crippen molar-refractivity contribution in [1.82, 2.24) is 5.32 Å². The van der Waals surface area contributed by atoms with Crippen LogP contribution in [0.25, 0.3) is 0 Å². The van der Waals surface area contributed by atoms with E-state index in [-0.39, 0.29) is 16.8 Å². The van der Waals surface area contributed by atoms with E-state index >= 15 is 0 Å². The number of hydrogen-bond donors (Lipinski definition) is 1. The van der Waals surface area contributed by atoms with Gasteiger partial charge in [-0.3, -0.25) is 4.79 Å². The lowest BCUT2D eigenvalue weighted by molar-refractivity contribution is -0.128. The van der Waals surface area contributed by atoms with Crippen molar-refractivity contribution in [3.05, 3.63) is 59.2 Å². The van der Waals surface area contributed by atoms with E-state index in [4.69, 9.17) is 4.74 Å². The first kappa shape index (κ1) is 21.0. The van der Waals surface area contributed by atoms with Crippen LogP contribution in [0.3, 0.4) is 0 Å². The van der Waals surface area contributed by atoms with Crippen LogP contribution in [0.1, 0.15) is 43.0 Å². The molecule has 0 bridgehead atoms. The van der Waals surface area contributed by atoms with Crippen LogP contribution in [-0.2, 0) is 14.6 Å². The van der Waals surface area contributed by atoms with Gasteiger partial charge in [-0.25, -0.2) is 8.42 Å². The van der Waals surface area contributed by atoms with Gasteiger partial charge >= 0.3 is 0 Å². The Balaban J connectivity index is 2.06. The van der Waals surface area contributed by atoms with E-state index < -0.39 is 15.9 Å². The number of benzene rings is 2. The van der Waals surface area contributed by atoms with Gasteiger partial charge in [0.1, 0.15) is 5.75 Å². The quantitative estimate of drug-likeness (QED) is 0.783. The Kier molecular flexibility index (Phi) is 6.65. The molecule has 5 nitrogen and oxygen atoms in total. The summed E-state index contributed by atoms with van der Waals surface area (Å²) in [7, 11) is -3.24. The van der Waals surface area contributed by atoms with Gasteiger partial charge in [-0.15, -0.1) is 0 Å². The molecule has 0 fully saturated rings. The molecule has 0 radical (unpaired) electrons. The van der Waals surface area contributed by atoms with Gasteiger partial charge in [0.15, 0.2) is 15.9 Å². The third-order valence-corrected chi connectivity index (χ3v) is 5.72. The second kappa shape index (κ2) is 8.57. The maximum absolute atomic E-state index is 12.5. The molecule has 2 aromatic carbocycles. The Morgan fingerprint density at radius 3 is 2.22 bits per heavy atom. The fraction of sp³-hybridized carbons (Fsp3) is 0.381. The first-order valence-corrected chi connectivity index (χ1v) is 10.8. The number of rotatable bonds is 7. The molecular formula is C21H27NO4S. The van der Waals surface area contributed by atoms with Crippen molar-refractivity contribution in [2.75, 3.05) is 6.26 Å². The van der Waals surface area contributed by atoms with E-state index in [1.165, 1.54) is 11.8 Å². The monoisotopic (exact) mass is 389 g/mol. The van der Waals surface area contributed by atoms with E-state index in [0.717, 1.165) is 11.1 Å². The molecule has 1 amide bonds. The lowest BCUT2D eigenvalue weighted by Gasteiger charge is -2.21. The number of carbonyl (C=O) groups excluding carboxylic acids is 1. The lowest BCUT2D eigenvalue weighted by atomic mass is 10.0. The Bertz CT molecular complexity index is 904. The van der Waals surface area contributed by atoms with Crippen LogP contribution in [0.5, 0.6) is 5.75 Å². The van der Waals surface area contributed by atoms with Gasteiger partial charge in [0.2, 0.25) is 0 Å². The molecule has 6 heteroatoms. The second-order valence-electron chi connectivity index (χ2n) is 6.82. The van der Waals surface area contributed by atoms with E-state index in [9.17, 15) is 13.2 Å². The summed E-state index contributed by atoms with van der Waals surface area (Å²) in [4.78, 5) is 12.8. The van der Waals surface area contributed by atoms with Crippen LogP contribution in [0.4, 0.5) is 0 Å². The molecule has 0 aliphatic heterocycles. The number of aryl methyl sites for hydroxylation is 2. The van der Waals surface area contributed by atoms with Crippen molar-refractivity contribution in [3.8, 4) is 5.75 Å². The fourth-order valence-corrected chi connectivity index (χ4v) is 3.33. The summed E-state index contributed by atoms with van der Waals surface area (Å²) in [6.07, 6.45) is 1.21. The van der Waals surface area contributed by atoms with Crippen LogP contribution in [-0.4, -0.2) is 26.7 Å². The number of ether oxygens (including phenoxy) is 1. The summed E-state index contributed by atoms with van der Waals surface area (Å²) in [6, 6.07) is 12.1. The van der Waals surface area contributed by atoms with Gasteiger partial charge in [0.25, 0.3) is 5.91 Å². The molecule has 27 heavy (non-hydrogen) atoms. The first-order chi connectivity index (χ1) is 12.6. The molecule has 0 spiro atoms. The topological polar surface area (TPSA) is 72.5 Å². The standard InChI is InChI=1S/C21H27NO4S/c1-6-20(17-8-11-19(12-9-17)27(5,24)25)22-21(23)16(4)26-18-10-7-14(2)15(3)13-18/h7-13,16,20H,6H2,1-5H3,(H,22,23)/t16-,20+/m1/s1. The Labute approximate surface area is 161 Å². The highest BCUT2D eigenvalue weighted by Gasteiger charge is 2.20. The van der Waals surface area contributed by atoms with Crippen molar-refractivity contribution in [3.63, 3.8) is 0 Å². The van der Waals surface area contributed by atoms with E-state index in [0.29, 0.717) is 12.2 Å². The highest BCUT2D eigenvalue weighted by molar-refractivity contribution is 7.90. The Morgan fingerprint density at radius 1 is 1.07 bits per heavy atom. The second-order valence-corrected chi connectivity index (χ2v) is 8.83. The van der Waals surface area contributed by atoms with Crippen molar-refractivity contribution in [2.24, 2.45) is 0 Å². The van der Waals surface area contributed by atoms with Gasteiger partial charge in [0.05, 0.1) is 10.9 Å². The van der Waals surface area contributed by atoms with Gasteiger partial charge < -0.3 is 10.1 Å². The zero-order chi connectivity index (χ0) is 20.2. The van der Waals surface area contributed by atoms with Crippen LogP contribution in [0.2, 0.25) is 0 Å². The van der Waals surface area contributed by atoms with Gasteiger partial charge in [-0.2, -0.15) is 0 Å². The normalized spacial score (nSPS) is 13.7. The minimum atomic E-state index is -3.24. The molecule has 2 aromatic rings. The largest absolute Gasteiger partial charge is 0.481 e. The molecule has 1 N–H and O–H groups in total. The molecule has 0 saturated carbocycles. The average Bonchev–Trinajstić information content (AvgIpc) is 2.62. The van der Waals surface area contributed by atoms with Crippen molar-refractivity contribution in [2.45, 2.75) is 51.2 Å². The summed E-state index contributed by atoms with van der Waals surface area (Å²) in [6.45, 7) is 7.70. The maximum Gasteiger partial charge on any atom is 0.261 e. The summed E-state index contributed by atoms with van der Waals surface area (Å²) in [5, 5.41) is 2.97. The molecule has 2 rings (SSSR count). The Hall–Kier alpha value is -2.34. The van der Waals surface area contributed by atoms with Crippen LogP contribution >= 0.6 is 0 Å². The number of amides is 1. The Morgan fingerprint density at radius 2 is 1.70 bits per heavy atom. The molecular weight excluding hydrogens is 362 g/mol. The van der Waals surface area contributed by atoms with E-state index in [1.807, 2.05) is 39.0 Å². The van der Waals surface area contributed by atoms with E-state index in [2.05, 4.69) is 5.32 Å². The third-order valence-electron chi connectivity index (χ3n) is 4.60. The van der Waals surface area contributed by atoms with Crippen molar-refractivity contribution in [1.29, 1.82) is 0 Å². The number of hydrogen-bond acceptors (Lipinski definition) is 4. The maximum atomic E-state index is 12.5. The number of carbonyl (C=O) groups is 1. The predicted molar refractivity (Wildman–Crippen MR) is 107 cm³/mol. The van der Waals surface area contributed by atoms with Crippen molar-refractivity contribution >= 4 is 15.7 Å². The summed E-state index contributed by atoms with van der Waals surface area (Å²) < 4.78 is 28.9. The molecule has 0 aliphatic carbocycles. The van der Waals surface area contributed by atoms with E-state index in [1.54, 1.807) is 31.2 Å². The third kappa shape index (κ3) is 5.57. The number of nitrogens with one attached hydrogen (secondary N) is 1. The summed E-state index contributed by atoms with van der Waals surface area (Å²) >= 11 is 0. The molecule has 0 saturated heterocycles. The molecule has 0 aliphatic rings. The minimum absolute atomic E-state index is 0.211. The molecule has 0 unspecified atom stereocenters. The zero-order valence-corrected chi connectivity index (χ0v) is 17.3. The lowest BCUT2D eigenvalue weighted by Crippen LogP contribution is -2.38. The highest BCUT2D eigenvalue weighted by atomic mass is 32.2. The highest BCUT2D eigenvalue weighted by Crippen LogP contribution is 2.21. The average molecular weight is 390 g/mol. The smallest absolute Gasteiger partial charge is 0.261 e. The molecule has 0 heterocycles. The van der Waals surface area contributed by atoms with Gasteiger partial charge in [0, 0.05) is 6.26 Å². The molecule has 146 valence electrons. The summed E-state index contributed by atoms with van der Waals surface area (Å²) in [5.41, 5.74) is 3.14. The van der Waals surface area contributed by atoms with Crippen LogP contribution in [0, 0.1) is 13.8 Å². The number of sulfone groups is 1. The SMILES string of the molecule is CC[C@H](NC(=O)[C@@H](C)Oc1ccc(C)c(C)c1)c1ccc(S(C)(=O)=O)cc1. The minimum Gasteiger partial charge on any atom is -0.481 e. The van der Waals surface area contributed by atoms with Crippen molar-refractivity contribution < 1.29 is 17.9 Å². The molecule has 0 aromatic heterocycles. The van der Waals surface area contributed by atoms with Crippen LogP contribution in [0.15, 0.2) is 47.4 Å². The van der Waals surface area contributed by atoms with Gasteiger partial charge in [-0.1, -0.05) is 25.1 Å². The fourth-order valence-electron chi connectivity index (χ4n) is 2.70. The summed E-state index contributed by atoms with van der Waals surface area (Å²) in [5.74, 6) is 0.443. The zero-order valence-electron chi connectivity index (χ0n) is 16.4. The van der Waals surface area contributed by atoms with Crippen LogP contribution < -0.4 is 10.1 Å².